The minimum atomic E-state index is -0.963. The molecule has 0 aliphatic rings. The first-order valence-electron chi connectivity index (χ1n) is 9.30. The summed E-state index contributed by atoms with van der Waals surface area (Å²) in [6.45, 7) is 0.359. The fourth-order valence-corrected chi connectivity index (χ4v) is 2.56. The number of rotatable bonds is 7. The van der Waals surface area contributed by atoms with Crippen LogP contribution in [0.3, 0.4) is 0 Å². The minimum absolute atomic E-state index is 0.292. The molecule has 0 heterocycles. The van der Waals surface area contributed by atoms with Gasteiger partial charge >= 0.3 is 11.8 Å². The molecule has 0 saturated heterocycles. The van der Waals surface area contributed by atoms with Crippen molar-refractivity contribution in [2.45, 2.75) is 6.61 Å². The van der Waals surface area contributed by atoms with Gasteiger partial charge in [-0.2, -0.15) is 5.10 Å². The Hall–Kier alpha value is -4.20. The Bertz CT molecular complexity index is 1070. The minimum Gasteiger partial charge on any atom is -0.493 e. The van der Waals surface area contributed by atoms with Crippen molar-refractivity contribution in [3.63, 3.8) is 0 Å². The average Bonchev–Trinajstić information content (AvgIpc) is 2.80. The highest BCUT2D eigenvalue weighted by Gasteiger charge is 2.13. The van der Waals surface area contributed by atoms with E-state index in [9.17, 15) is 14.0 Å². The molecular weight excluding hydrogens is 401 g/mol. The molecule has 3 rings (SSSR count). The van der Waals surface area contributed by atoms with Crippen LogP contribution in [-0.4, -0.2) is 25.1 Å². The number of carbonyl (C=O) groups excluding carboxylic acids is 2. The van der Waals surface area contributed by atoms with Crippen LogP contribution in [0.4, 0.5) is 10.1 Å². The van der Waals surface area contributed by atoms with Crippen LogP contribution < -0.4 is 20.2 Å². The molecule has 158 valence electrons. The van der Waals surface area contributed by atoms with Crippen LogP contribution in [0.5, 0.6) is 11.5 Å². The van der Waals surface area contributed by atoms with Gasteiger partial charge in [0, 0.05) is 5.69 Å². The molecule has 2 amide bonds. The van der Waals surface area contributed by atoms with Gasteiger partial charge in [-0.25, -0.2) is 9.82 Å². The van der Waals surface area contributed by atoms with Gasteiger partial charge < -0.3 is 14.8 Å². The van der Waals surface area contributed by atoms with Gasteiger partial charge in [0.25, 0.3) is 0 Å². The van der Waals surface area contributed by atoms with E-state index in [1.165, 1.54) is 30.5 Å². The molecule has 8 heteroatoms. The summed E-state index contributed by atoms with van der Waals surface area (Å²) in [5, 5.41) is 6.14. The van der Waals surface area contributed by atoms with Gasteiger partial charge in [-0.1, -0.05) is 30.3 Å². The second-order valence-electron chi connectivity index (χ2n) is 6.34. The van der Waals surface area contributed by atoms with Crippen LogP contribution in [0.2, 0.25) is 0 Å². The molecule has 0 saturated carbocycles. The summed E-state index contributed by atoms with van der Waals surface area (Å²) in [5.41, 5.74) is 4.06. The Balaban J connectivity index is 1.58. The van der Waals surface area contributed by atoms with E-state index in [4.69, 9.17) is 9.47 Å². The maximum absolute atomic E-state index is 12.9. The van der Waals surface area contributed by atoms with E-state index in [1.807, 2.05) is 30.3 Å². The largest absolute Gasteiger partial charge is 0.493 e. The third-order valence-electron chi connectivity index (χ3n) is 4.11. The first kappa shape index (κ1) is 21.5. The molecule has 2 N–H and O–H groups in total. The maximum Gasteiger partial charge on any atom is 0.329 e. The van der Waals surface area contributed by atoms with Crippen LogP contribution in [0.1, 0.15) is 11.1 Å². The zero-order chi connectivity index (χ0) is 22.1. The lowest BCUT2D eigenvalue weighted by Gasteiger charge is -2.11. The number of methoxy groups -OCH3 is 1. The summed E-state index contributed by atoms with van der Waals surface area (Å²) in [4.78, 5) is 23.7. The number of benzene rings is 3. The Morgan fingerprint density at radius 2 is 1.71 bits per heavy atom. The number of halogens is 1. The van der Waals surface area contributed by atoms with E-state index in [1.54, 1.807) is 25.3 Å². The van der Waals surface area contributed by atoms with Crippen LogP contribution in [0.25, 0.3) is 0 Å². The van der Waals surface area contributed by atoms with E-state index < -0.39 is 17.6 Å². The topological polar surface area (TPSA) is 89.0 Å². The summed E-state index contributed by atoms with van der Waals surface area (Å²) < 4.78 is 24.0. The molecule has 3 aromatic rings. The molecule has 0 aromatic heterocycles. The van der Waals surface area contributed by atoms with Crippen LogP contribution in [0, 0.1) is 5.82 Å². The third kappa shape index (κ3) is 6.40. The van der Waals surface area contributed by atoms with E-state index >= 15 is 0 Å². The van der Waals surface area contributed by atoms with Gasteiger partial charge in [-0.05, 0) is 53.6 Å². The summed E-state index contributed by atoms with van der Waals surface area (Å²) >= 11 is 0. The lowest BCUT2D eigenvalue weighted by atomic mass is 10.2. The van der Waals surface area contributed by atoms with Crippen molar-refractivity contribution >= 4 is 23.7 Å². The van der Waals surface area contributed by atoms with Crippen LogP contribution in [0.15, 0.2) is 77.9 Å². The highest BCUT2D eigenvalue weighted by atomic mass is 19.1. The quantitative estimate of drug-likeness (QED) is 0.347. The number of carbonyl (C=O) groups is 2. The molecule has 7 nitrogen and oxygen atoms in total. The molecule has 0 radical (unpaired) electrons. The van der Waals surface area contributed by atoms with Crippen molar-refractivity contribution in [2.75, 3.05) is 12.4 Å². The Morgan fingerprint density at radius 3 is 2.42 bits per heavy atom. The molecule has 0 unspecified atom stereocenters. The predicted molar refractivity (Wildman–Crippen MR) is 115 cm³/mol. The number of ether oxygens (including phenoxy) is 2. The maximum atomic E-state index is 12.9. The van der Waals surface area contributed by atoms with E-state index in [0.29, 0.717) is 29.4 Å². The summed E-state index contributed by atoms with van der Waals surface area (Å²) in [7, 11) is 1.54. The van der Waals surface area contributed by atoms with Crippen molar-refractivity contribution < 1.29 is 23.5 Å². The third-order valence-corrected chi connectivity index (χ3v) is 4.11. The lowest BCUT2D eigenvalue weighted by Crippen LogP contribution is -2.32. The van der Waals surface area contributed by atoms with Gasteiger partial charge in [0.05, 0.1) is 13.3 Å². The average molecular weight is 421 g/mol. The van der Waals surface area contributed by atoms with E-state index in [2.05, 4.69) is 15.8 Å². The molecule has 0 aliphatic carbocycles. The molecule has 31 heavy (non-hydrogen) atoms. The zero-order valence-corrected chi connectivity index (χ0v) is 16.7. The molecule has 0 spiro atoms. The van der Waals surface area contributed by atoms with Crippen molar-refractivity contribution in [1.29, 1.82) is 0 Å². The Morgan fingerprint density at radius 1 is 0.968 bits per heavy atom. The Kier molecular flexibility index (Phi) is 7.31. The molecular formula is C23H20FN3O4. The monoisotopic (exact) mass is 421 g/mol. The standard InChI is InChI=1S/C23H20FN3O4/c1-30-20-12-7-17(13-21(20)31-15-16-5-3-2-4-6-16)14-25-27-23(29)22(28)26-19-10-8-18(24)9-11-19/h2-14H,15H2,1H3,(H,26,28)(H,27,29)/b25-14-. The number of hydrazone groups is 1. The highest BCUT2D eigenvalue weighted by Crippen LogP contribution is 2.28. The van der Waals surface area contributed by atoms with Crippen molar-refractivity contribution in [1.82, 2.24) is 5.43 Å². The van der Waals surface area contributed by atoms with Gasteiger partial charge in [0.2, 0.25) is 0 Å². The highest BCUT2D eigenvalue weighted by molar-refractivity contribution is 6.39. The second kappa shape index (κ2) is 10.5. The number of nitrogens with zero attached hydrogens (tertiary/aromatic N) is 1. The molecule has 3 aromatic carbocycles. The van der Waals surface area contributed by atoms with Crippen molar-refractivity contribution in [2.24, 2.45) is 5.10 Å². The number of nitrogens with one attached hydrogen (secondary N) is 2. The number of hydrogen-bond acceptors (Lipinski definition) is 5. The predicted octanol–water partition coefficient (Wildman–Crippen LogP) is 3.50. The SMILES string of the molecule is COc1ccc(/C=N\NC(=O)C(=O)Nc2ccc(F)cc2)cc1OCc1ccccc1. The number of anilines is 1. The first-order valence-corrected chi connectivity index (χ1v) is 9.30. The van der Waals surface area contributed by atoms with Gasteiger partial charge in [-0.3, -0.25) is 9.59 Å². The molecule has 0 aliphatic heterocycles. The molecule has 0 atom stereocenters. The van der Waals surface area contributed by atoms with Crippen LogP contribution >= 0.6 is 0 Å². The fraction of sp³-hybridized carbons (Fsp3) is 0.0870. The van der Waals surface area contributed by atoms with Crippen molar-refractivity contribution in [3.8, 4) is 11.5 Å². The summed E-state index contributed by atoms with van der Waals surface area (Å²) in [6, 6.07) is 19.9. The van der Waals surface area contributed by atoms with Gasteiger partial charge in [0.1, 0.15) is 12.4 Å². The number of hydrogen-bond donors (Lipinski definition) is 2. The molecule has 0 fully saturated rings. The Labute approximate surface area is 178 Å². The normalized spacial score (nSPS) is 10.5. The van der Waals surface area contributed by atoms with E-state index in [0.717, 1.165) is 5.56 Å². The van der Waals surface area contributed by atoms with Crippen molar-refractivity contribution in [3.05, 3.63) is 89.7 Å². The zero-order valence-electron chi connectivity index (χ0n) is 16.7. The summed E-state index contributed by atoms with van der Waals surface area (Å²) in [5.74, 6) is -1.27. The van der Waals surface area contributed by atoms with Gasteiger partial charge in [-0.15, -0.1) is 0 Å². The fourth-order valence-electron chi connectivity index (χ4n) is 2.56. The number of amides is 2. The van der Waals surface area contributed by atoms with Gasteiger partial charge in [0.15, 0.2) is 11.5 Å². The first-order chi connectivity index (χ1) is 15.0. The van der Waals surface area contributed by atoms with Crippen LogP contribution in [-0.2, 0) is 16.2 Å². The van der Waals surface area contributed by atoms with E-state index in [-0.39, 0.29) is 0 Å². The smallest absolute Gasteiger partial charge is 0.329 e. The lowest BCUT2D eigenvalue weighted by molar-refractivity contribution is -0.136. The molecule has 0 bridgehead atoms. The summed E-state index contributed by atoms with van der Waals surface area (Å²) in [6.07, 6.45) is 1.37. The second-order valence-corrected chi connectivity index (χ2v) is 6.34.